The summed E-state index contributed by atoms with van der Waals surface area (Å²) in [6.07, 6.45) is 2.34. The Morgan fingerprint density at radius 1 is 1.17 bits per heavy atom. The van der Waals surface area contributed by atoms with E-state index in [2.05, 4.69) is 10.3 Å². The molecule has 2 rings (SSSR count). The Morgan fingerprint density at radius 3 is 2.38 bits per heavy atom. The van der Waals surface area contributed by atoms with Crippen LogP contribution in [-0.2, 0) is 16.0 Å². The van der Waals surface area contributed by atoms with E-state index >= 15 is 0 Å². The molecule has 0 bridgehead atoms. The predicted molar refractivity (Wildman–Crippen MR) is 93.9 cm³/mol. The van der Waals surface area contributed by atoms with Crippen molar-refractivity contribution >= 4 is 23.3 Å². The summed E-state index contributed by atoms with van der Waals surface area (Å²) in [7, 11) is 1.95. The fraction of sp³-hybridized carbons (Fsp3) is 0.278. The number of rotatable bonds is 5. The number of nitrogens with two attached hydrogens (primary N) is 1. The van der Waals surface area contributed by atoms with Crippen molar-refractivity contribution in [2.75, 3.05) is 11.9 Å². The number of nitrogens with zero attached hydrogens (tertiary/aromatic N) is 2. The van der Waals surface area contributed by atoms with E-state index in [9.17, 15) is 9.59 Å². The largest absolute Gasteiger partial charge is 0.361 e. The van der Waals surface area contributed by atoms with Gasteiger partial charge in [-0.05, 0) is 50.1 Å². The van der Waals surface area contributed by atoms with E-state index in [-0.39, 0.29) is 0 Å². The first-order valence-corrected chi connectivity index (χ1v) is 7.64. The van der Waals surface area contributed by atoms with Crippen molar-refractivity contribution in [3.63, 3.8) is 0 Å². The number of primary amides is 1. The number of nitrogens with one attached hydrogen (secondary N) is 1. The maximum absolute atomic E-state index is 11.4. The fourth-order valence-electron chi connectivity index (χ4n) is 2.45. The maximum atomic E-state index is 11.4. The molecule has 0 saturated carbocycles. The highest BCUT2D eigenvalue weighted by molar-refractivity contribution is 6.34. The molecule has 0 atom stereocenters. The van der Waals surface area contributed by atoms with E-state index in [1.807, 2.05) is 68.3 Å². The molecule has 0 radical (unpaired) electrons. The summed E-state index contributed by atoms with van der Waals surface area (Å²) < 4.78 is 0. The van der Waals surface area contributed by atoms with Crippen LogP contribution >= 0.6 is 0 Å². The van der Waals surface area contributed by atoms with Gasteiger partial charge >= 0.3 is 11.8 Å². The summed E-state index contributed by atoms with van der Waals surface area (Å²) in [4.78, 5) is 28.6. The van der Waals surface area contributed by atoms with Gasteiger partial charge in [0.15, 0.2) is 0 Å². The van der Waals surface area contributed by atoms with Crippen LogP contribution < -0.4 is 16.0 Å². The standard InChI is InChI=1S/C18H22N4O2/c1-18(2,21-17(24)16(19)23)12-13-7-9-14(10-8-13)22(3)15-6-4-5-11-20-15/h4-11H,12H2,1-3H3,(H2,19,23)(H,21,24). The Labute approximate surface area is 141 Å². The van der Waals surface area contributed by atoms with E-state index in [1.54, 1.807) is 6.20 Å². The molecule has 0 spiro atoms. The quantitative estimate of drug-likeness (QED) is 0.820. The average molecular weight is 326 g/mol. The lowest BCUT2D eigenvalue weighted by Crippen LogP contribution is -2.49. The lowest BCUT2D eigenvalue weighted by molar-refractivity contribution is -0.138. The van der Waals surface area contributed by atoms with E-state index in [1.165, 1.54) is 0 Å². The molecule has 126 valence electrons. The summed E-state index contributed by atoms with van der Waals surface area (Å²) in [5, 5.41) is 2.63. The van der Waals surface area contributed by atoms with Gasteiger partial charge in [-0.15, -0.1) is 0 Å². The van der Waals surface area contributed by atoms with Crippen LogP contribution in [0.1, 0.15) is 19.4 Å². The molecular formula is C18H22N4O2. The Morgan fingerprint density at radius 2 is 1.83 bits per heavy atom. The van der Waals surface area contributed by atoms with Crippen LogP contribution in [0.25, 0.3) is 0 Å². The second kappa shape index (κ2) is 7.12. The number of carbonyl (C=O) groups is 2. The molecular weight excluding hydrogens is 304 g/mol. The number of aromatic nitrogens is 1. The highest BCUT2D eigenvalue weighted by atomic mass is 16.2. The van der Waals surface area contributed by atoms with Crippen LogP contribution in [0.3, 0.4) is 0 Å². The third-order valence-electron chi connectivity index (χ3n) is 3.64. The molecule has 0 aliphatic heterocycles. The SMILES string of the molecule is CN(c1ccc(CC(C)(C)NC(=O)C(N)=O)cc1)c1ccccn1. The summed E-state index contributed by atoms with van der Waals surface area (Å²) in [6, 6.07) is 13.7. The monoisotopic (exact) mass is 326 g/mol. The van der Waals surface area contributed by atoms with Crippen molar-refractivity contribution in [2.24, 2.45) is 5.73 Å². The summed E-state index contributed by atoms with van der Waals surface area (Å²) >= 11 is 0. The van der Waals surface area contributed by atoms with Crippen LogP contribution in [0.15, 0.2) is 48.7 Å². The van der Waals surface area contributed by atoms with E-state index in [0.717, 1.165) is 17.1 Å². The van der Waals surface area contributed by atoms with Gasteiger partial charge in [-0.25, -0.2) is 4.98 Å². The van der Waals surface area contributed by atoms with Gasteiger partial charge in [0.05, 0.1) is 0 Å². The van der Waals surface area contributed by atoms with Gasteiger partial charge in [0, 0.05) is 24.5 Å². The molecule has 2 aromatic rings. The number of benzene rings is 1. The fourth-order valence-corrected chi connectivity index (χ4v) is 2.45. The number of hydrogen-bond acceptors (Lipinski definition) is 4. The van der Waals surface area contributed by atoms with Crippen LogP contribution in [0.4, 0.5) is 11.5 Å². The second-order valence-corrected chi connectivity index (χ2v) is 6.29. The molecule has 0 aliphatic rings. The number of hydrogen-bond donors (Lipinski definition) is 2. The van der Waals surface area contributed by atoms with Gasteiger partial charge in [0.25, 0.3) is 0 Å². The van der Waals surface area contributed by atoms with Crippen molar-refractivity contribution in [1.29, 1.82) is 0 Å². The second-order valence-electron chi connectivity index (χ2n) is 6.29. The summed E-state index contributed by atoms with van der Waals surface area (Å²) in [5.41, 5.74) is 6.47. The zero-order valence-electron chi connectivity index (χ0n) is 14.1. The normalized spacial score (nSPS) is 11.0. The Bertz CT molecular complexity index is 712. The third-order valence-corrected chi connectivity index (χ3v) is 3.64. The highest BCUT2D eigenvalue weighted by Gasteiger charge is 2.23. The van der Waals surface area contributed by atoms with Gasteiger partial charge < -0.3 is 16.0 Å². The predicted octanol–water partition coefficient (Wildman–Crippen LogP) is 1.77. The smallest absolute Gasteiger partial charge is 0.309 e. The molecule has 6 nitrogen and oxygen atoms in total. The summed E-state index contributed by atoms with van der Waals surface area (Å²) in [5.74, 6) is -0.888. The van der Waals surface area contributed by atoms with Gasteiger partial charge in [0.1, 0.15) is 5.82 Å². The minimum Gasteiger partial charge on any atom is -0.361 e. The van der Waals surface area contributed by atoms with Gasteiger partial charge in [0.2, 0.25) is 0 Å². The molecule has 3 N–H and O–H groups in total. The maximum Gasteiger partial charge on any atom is 0.309 e. The zero-order chi connectivity index (χ0) is 17.7. The van der Waals surface area contributed by atoms with Crippen LogP contribution in [0, 0.1) is 0 Å². The molecule has 1 heterocycles. The minimum absolute atomic E-state index is 0.569. The Hall–Kier alpha value is -2.89. The van der Waals surface area contributed by atoms with Crippen LogP contribution in [0.5, 0.6) is 0 Å². The number of carbonyl (C=O) groups excluding carboxylic acids is 2. The summed E-state index contributed by atoms with van der Waals surface area (Å²) in [6.45, 7) is 3.70. The lowest BCUT2D eigenvalue weighted by atomic mass is 9.94. The molecule has 2 amide bonds. The first-order valence-electron chi connectivity index (χ1n) is 7.64. The van der Waals surface area contributed by atoms with Crippen molar-refractivity contribution in [2.45, 2.75) is 25.8 Å². The van der Waals surface area contributed by atoms with Gasteiger partial charge in [-0.3, -0.25) is 9.59 Å². The number of amides is 2. The molecule has 6 heteroatoms. The number of pyridine rings is 1. The first-order chi connectivity index (χ1) is 11.3. The first kappa shape index (κ1) is 17.5. The topological polar surface area (TPSA) is 88.3 Å². The van der Waals surface area contributed by atoms with Crippen molar-refractivity contribution in [1.82, 2.24) is 10.3 Å². The van der Waals surface area contributed by atoms with E-state index in [4.69, 9.17) is 5.73 Å². The lowest BCUT2D eigenvalue weighted by Gasteiger charge is -2.26. The van der Waals surface area contributed by atoms with Crippen molar-refractivity contribution in [3.8, 4) is 0 Å². The van der Waals surface area contributed by atoms with Crippen LogP contribution in [0.2, 0.25) is 0 Å². The molecule has 1 aromatic heterocycles. The van der Waals surface area contributed by atoms with E-state index in [0.29, 0.717) is 6.42 Å². The Balaban J connectivity index is 2.06. The van der Waals surface area contributed by atoms with Gasteiger partial charge in [-0.2, -0.15) is 0 Å². The zero-order valence-corrected chi connectivity index (χ0v) is 14.1. The molecule has 0 fully saturated rings. The Kier molecular flexibility index (Phi) is 5.18. The molecule has 0 unspecified atom stereocenters. The molecule has 1 aromatic carbocycles. The average Bonchev–Trinajstić information content (AvgIpc) is 2.54. The highest BCUT2D eigenvalue weighted by Crippen LogP contribution is 2.22. The molecule has 0 aliphatic carbocycles. The number of anilines is 2. The van der Waals surface area contributed by atoms with Gasteiger partial charge in [-0.1, -0.05) is 18.2 Å². The van der Waals surface area contributed by atoms with Crippen molar-refractivity contribution < 1.29 is 9.59 Å². The van der Waals surface area contributed by atoms with Crippen molar-refractivity contribution in [3.05, 3.63) is 54.2 Å². The molecule has 24 heavy (non-hydrogen) atoms. The minimum atomic E-state index is -0.976. The van der Waals surface area contributed by atoms with E-state index < -0.39 is 17.4 Å². The molecule has 0 saturated heterocycles. The van der Waals surface area contributed by atoms with Crippen LogP contribution in [-0.4, -0.2) is 29.4 Å². The third kappa shape index (κ3) is 4.55.